The van der Waals surface area contributed by atoms with Crippen LogP contribution < -0.4 is 11.1 Å². The minimum absolute atomic E-state index is 0.0825. The van der Waals surface area contributed by atoms with Crippen LogP contribution in [0.25, 0.3) is 0 Å². The van der Waals surface area contributed by atoms with Gasteiger partial charge in [-0.2, -0.15) is 5.10 Å². The molecule has 0 bridgehead atoms. The van der Waals surface area contributed by atoms with E-state index in [9.17, 15) is 9.59 Å². The Morgan fingerprint density at radius 1 is 1.61 bits per heavy atom. The summed E-state index contributed by atoms with van der Waals surface area (Å²) in [5.74, 6) is -1.20. The Morgan fingerprint density at radius 3 is 2.83 bits per heavy atom. The number of hydrogen-bond acceptors (Lipinski definition) is 4. The SMILES string of the molecule is CC[C@H](C)[C@H](N)C(=O)Nc1cnn(CC(=O)O)c1. The number of carboxylic acid groups (broad SMARTS) is 1. The molecule has 0 saturated carbocycles. The van der Waals surface area contributed by atoms with Crippen molar-refractivity contribution >= 4 is 17.6 Å². The Labute approximate surface area is 105 Å². The minimum atomic E-state index is -0.993. The maximum atomic E-state index is 11.8. The third-order valence-electron chi connectivity index (χ3n) is 2.76. The van der Waals surface area contributed by atoms with Crippen molar-refractivity contribution in [3.63, 3.8) is 0 Å². The summed E-state index contributed by atoms with van der Waals surface area (Å²) in [6, 6.07) is -0.585. The number of aliphatic carboxylic acids is 1. The van der Waals surface area contributed by atoms with Crippen LogP contribution in [0.5, 0.6) is 0 Å². The van der Waals surface area contributed by atoms with E-state index < -0.39 is 12.0 Å². The second-order valence-corrected chi connectivity index (χ2v) is 4.22. The largest absolute Gasteiger partial charge is 0.480 e. The normalized spacial score (nSPS) is 13.9. The van der Waals surface area contributed by atoms with Gasteiger partial charge in [-0.3, -0.25) is 14.3 Å². The van der Waals surface area contributed by atoms with Crippen molar-refractivity contribution in [1.29, 1.82) is 0 Å². The van der Waals surface area contributed by atoms with Crippen molar-refractivity contribution in [2.24, 2.45) is 11.7 Å². The zero-order valence-corrected chi connectivity index (χ0v) is 10.5. The highest BCUT2D eigenvalue weighted by molar-refractivity contribution is 5.94. The summed E-state index contributed by atoms with van der Waals surface area (Å²) in [5.41, 5.74) is 6.22. The molecule has 4 N–H and O–H groups in total. The average Bonchev–Trinajstić information content (AvgIpc) is 2.73. The third-order valence-corrected chi connectivity index (χ3v) is 2.76. The molecule has 0 aliphatic heterocycles. The van der Waals surface area contributed by atoms with Gasteiger partial charge in [-0.15, -0.1) is 0 Å². The number of nitrogens with zero attached hydrogens (tertiary/aromatic N) is 2. The van der Waals surface area contributed by atoms with Crippen LogP contribution in [0, 0.1) is 5.92 Å². The van der Waals surface area contributed by atoms with Crippen LogP contribution in [-0.4, -0.2) is 32.8 Å². The number of hydrogen-bond donors (Lipinski definition) is 3. The maximum absolute atomic E-state index is 11.8. The van der Waals surface area contributed by atoms with Crippen molar-refractivity contribution in [3.05, 3.63) is 12.4 Å². The Kier molecular flexibility index (Phi) is 4.85. The number of carbonyl (C=O) groups is 2. The molecule has 7 nitrogen and oxygen atoms in total. The summed E-state index contributed by atoms with van der Waals surface area (Å²) in [4.78, 5) is 22.2. The van der Waals surface area contributed by atoms with E-state index in [1.807, 2.05) is 13.8 Å². The predicted octanol–water partition coefficient (Wildman–Crippen LogP) is 0.280. The van der Waals surface area contributed by atoms with Gasteiger partial charge >= 0.3 is 5.97 Å². The van der Waals surface area contributed by atoms with Crippen LogP contribution in [0.4, 0.5) is 5.69 Å². The van der Waals surface area contributed by atoms with Gasteiger partial charge in [0.05, 0.1) is 17.9 Å². The Morgan fingerprint density at radius 2 is 2.28 bits per heavy atom. The van der Waals surface area contributed by atoms with Gasteiger partial charge in [0.15, 0.2) is 0 Å². The molecule has 2 atom stereocenters. The van der Waals surface area contributed by atoms with E-state index in [-0.39, 0.29) is 18.4 Å². The van der Waals surface area contributed by atoms with E-state index in [4.69, 9.17) is 10.8 Å². The number of nitrogens with one attached hydrogen (secondary N) is 1. The van der Waals surface area contributed by atoms with E-state index in [2.05, 4.69) is 10.4 Å². The molecule has 1 amide bonds. The summed E-state index contributed by atoms with van der Waals surface area (Å²) in [7, 11) is 0. The summed E-state index contributed by atoms with van der Waals surface area (Å²) >= 11 is 0. The van der Waals surface area contributed by atoms with E-state index in [1.54, 1.807) is 0 Å². The van der Waals surface area contributed by atoms with Crippen LogP contribution in [0.2, 0.25) is 0 Å². The maximum Gasteiger partial charge on any atom is 0.325 e. The molecule has 0 unspecified atom stereocenters. The van der Waals surface area contributed by atoms with Gasteiger partial charge in [-0.05, 0) is 5.92 Å². The highest BCUT2D eigenvalue weighted by Gasteiger charge is 2.19. The number of aromatic nitrogens is 2. The van der Waals surface area contributed by atoms with Crippen LogP contribution in [-0.2, 0) is 16.1 Å². The van der Waals surface area contributed by atoms with Gasteiger partial charge < -0.3 is 16.2 Å². The first kappa shape index (κ1) is 14.2. The van der Waals surface area contributed by atoms with Gasteiger partial charge in [0.1, 0.15) is 6.54 Å². The molecule has 0 saturated heterocycles. The zero-order valence-electron chi connectivity index (χ0n) is 10.5. The van der Waals surface area contributed by atoms with Crippen LogP contribution in [0.15, 0.2) is 12.4 Å². The molecule has 18 heavy (non-hydrogen) atoms. The van der Waals surface area contributed by atoms with E-state index >= 15 is 0 Å². The number of nitrogens with two attached hydrogens (primary N) is 1. The number of anilines is 1. The second kappa shape index (κ2) is 6.15. The van der Waals surface area contributed by atoms with Crippen LogP contribution >= 0.6 is 0 Å². The highest BCUT2D eigenvalue weighted by Crippen LogP contribution is 2.10. The highest BCUT2D eigenvalue weighted by atomic mass is 16.4. The van der Waals surface area contributed by atoms with Crippen molar-refractivity contribution in [2.75, 3.05) is 5.32 Å². The first-order chi connectivity index (χ1) is 8.43. The Balaban J connectivity index is 2.59. The van der Waals surface area contributed by atoms with Gasteiger partial charge in [-0.1, -0.05) is 20.3 Å². The van der Waals surface area contributed by atoms with Gasteiger partial charge in [0.25, 0.3) is 0 Å². The number of rotatable bonds is 6. The number of carbonyl (C=O) groups excluding carboxylic acids is 1. The van der Waals surface area contributed by atoms with Crippen molar-refractivity contribution in [3.8, 4) is 0 Å². The molecule has 1 aromatic rings. The van der Waals surface area contributed by atoms with Crippen molar-refractivity contribution < 1.29 is 14.7 Å². The van der Waals surface area contributed by atoms with Gasteiger partial charge in [-0.25, -0.2) is 0 Å². The smallest absolute Gasteiger partial charge is 0.325 e. The number of amides is 1. The standard InChI is InChI=1S/C11H18N4O3/c1-3-7(2)10(12)11(18)14-8-4-13-15(5-8)6-9(16)17/h4-5,7,10H,3,6,12H2,1-2H3,(H,14,18)(H,16,17)/t7-,10-/m0/s1. The fourth-order valence-electron chi connectivity index (χ4n) is 1.39. The topological polar surface area (TPSA) is 110 Å². The Hall–Kier alpha value is -1.89. The monoisotopic (exact) mass is 254 g/mol. The first-order valence-corrected chi connectivity index (χ1v) is 5.74. The molecule has 0 radical (unpaired) electrons. The lowest BCUT2D eigenvalue weighted by atomic mass is 9.99. The molecule has 1 heterocycles. The molecule has 0 aromatic carbocycles. The van der Waals surface area contributed by atoms with Gasteiger partial charge in [0.2, 0.25) is 5.91 Å². The first-order valence-electron chi connectivity index (χ1n) is 5.74. The molecule has 100 valence electrons. The van der Waals surface area contributed by atoms with E-state index in [0.717, 1.165) is 6.42 Å². The minimum Gasteiger partial charge on any atom is -0.480 e. The zero-order chi connectivity index (χ0) is 13.7. The van der Waals surface area contributed by atoms with Crippen molar-refractivity contribution in [2.45, 2.75) is 32.9 Å². The lowest BCUT2D eigenvalue weighted by Crippen LogP contribution is -2.40. The summed E-state index contributed by atoms with van der Waals surface area (Å²) in [6.45, 7) is 3.62. The number of carboxylic acids is 1. The van der Waals surface area contributed by atoms with Crippen LogP contribution in [0.1, 0.15) is 20.3 Å². The summed E-state index contributed by atoms with van der Waals surface area (Å²) < 4.78 is 1.23. The molecule has 0 fully saturated rings. The summed E-state index contributed by atoms with van der Waals surface area (Å²) in [6.07, 6.45) is 3.66. The quantitative estimate of drug-likeness (QED) is 0.675. The summed E-state index contributed by atoms with van der Waals surface area (Å²) in [5, 5.41) is 15.0. The Bertz CT molecular complexity index is 430. The van der Waals surface area contributed by atoms with E-state index in [0.29, 0.717) is 5.69 Å². The van der Waals surface area contributed by atoms with Gasteiger partial charge in [0, 0.05) is 6.20 Å². The second-order valence-electron chi connectivity index (χ2n) is 4.22. The molecule has 1 rings (SSSR count). The van der Waals surface area contributed by atoms with Crippen LogP contribution in [0.3, 0.4) is 0 Å². The molecule has 7 heteroatoms. The predicted molar refractivity (Wildman–Crippen MR) is 65.9 cm³/mol. The third kappa shape index (κ3) is 3.85. The molecular weight excluding hydrogens is 236 g/mol. The fourth-order valence-corrected chi connectivity index (χ4v) is 1.39. The molecule has 0 spiro atoms. The fraction of sp³-hybridized carbons (Fsp3) is 0.545. The lowest BCUT2D eigenvalue weighted by molar-refractivity contribution is -0.137. The lowest BCUT2D eigenvalue weighted by Gasteiger charge is -2.16. The molecular formula is C11H18N4O3. The van der Waals surface area contributed by atoms with E-state index in [1.165, 1.54) is 17.1 Å². The van der Waals surface area contributed by atoms with Crippen molar-refractivity contribution in [1.82, 2.24) is 9.78 Å². The molecule has 0 aliphatic carbocycles. The molecule has 1 aromatic heterocycles. The average molecular weight is 254 g/mol. The molecule has 0 aliphatic rings.